The monoisotopic (exact) mass is 340 g/mol. The van der Waals surface area contributed by atoms with Gasteiger partial charge in [0.05, 0.1) is 6.54 Å². The molecule has 2 amide bonds. The van der Waals surface area contributed by atoms with Crippen molar-refractivity contribution < 1.29 is 14.3 Å². The SMILES string of the molecule is CC(C)(C)C(=O)NCCCC(=O)NCCOc1ccc(Cl)cc1. The van der Waals surface area contributed by atoms with E-state index in [1.807, 2.05) is 20.8 Å². The standard InChI is InChI=1S/C17H25ClN2O3/c1-17(2,3)16(22)20-10-4-5-15(21)19-11-12-23-14-8-6-13(18)7-9-14/h6-9H,4-5,10-12H2,1-3H3,(H,19,21)(H,20,22). The average molecular weight is 341 g/mol. The minimum Gasteiger partial charge on any atom is -0.492 e. The molecule has 0 bridgehead atoms. The van der Waals surface area contributed by atoms with Crippen LogP contribution in [0.25, 0.3) is 0 Å². The summed E-state index contributed by atoms with van der Waals surface area (Å²) in [4.78, 5) is 23.3. The molecule has 23 heavy (non-hydrogen) atoms. The number of amides is 2. The fraction of sp³-hybridized carbons (Fsp3) is 0.529. The van der Waals surface area contributed by atoms with E-state index in [4.69, 9.17) is 16.3 Å². The summed E-state index contributed by atoms with van der Waals surface area (Å²) in [5.74, 6) is 0.664. The largest absolute Gasteiger partial charge is 0.492 e. The molecule has 0 aliphatic heterocycles. The Hall–Kier alpha value is -1.75. The summed E-state index contributed by atoms with van der Waals surface area (Å²) in [6.07, 6.45) is 0.997. The van der Waals surface area contributed by atoms with Gasteiger partial charge in [0, 0.05) is 23.4 Å². The second-order valence-electron chi connectivity index (χ2n) is 6.26. The second-order valence-corrected chi connectivity index (χ2v) is 6.70. The third-order valence-electron chi connectivity index (χ3n) is 3.05. The van der Waals surface area contributed by atoms with E-state index in [9.17, 15) is 9.59 Å². The zero-order valence-electron chi connectivity index (χ0n) is 13.9. The maximum Gasteiger partial charge on any atom is 0.225 e. The predicted molar refractivity (Wildman–Crippen MR) is 91.7 cm³/mol. The van der Waals surface area contributed by atoms with Crippen LogP contribution in [-0.2, 0) is 9.59 Å². The lowest BCUT2D eigenvalue weighted by Gasteiger charge is -2.17. The van der Waals surface area contributed by atoms with Crippen molar-refractivity contribution in [2.45, 2.75) is 33.6 Å². The highest BCUT2D eigenvalue weighted by atomic mass is 35.5. The molecule has 0 aliphatic rings. The van der Waals surface area contributed by atoms with Crippen LogP contribution < -0.4 is 15.4 Å². The summed E-state index contributed by atoms with van der Waals surface area (Å²) in [6, 6.07) is 7.06. The Labute approximate surface area is 142 Å². The van der Waals surface area contributed by atoms with Crippen LogP contribution in [0.15, 0.2) is 24.3 Å². The van der Waals surface area contributed by atoms with E-state index in [2.05, 4.69) is 10.6 Å². The van der Waals surface area contributed by atoms with E-state index in [-0.39, 0.29) is 11.8 Å². The van der Waals surface area contributed by atoms with Crippen LogP contribution in [0.1, 0.15) is 33.6 Å². The molecule has 0 saturated carbocycles. The highest BCUT2D eigenvalue weighted by Crippen LogP contribution is 2.15. The normalized spacial score (nSPS) is 11.0. The molecule has 5 nitrogen and oxygen atoms in total. The lowest BCUT2D eigenvalue weighted by Crippen LogP contribution is -2.36. The molecule has 1 aromatic carbocycles. The molecule has 128 valence electrons. The molecule has 0 heterocycles. The van der Waals surface area contributed by atoms with Gasteiger partial charge < -0.3 is 15.4 Å². The molecule has 0 atom stereocenters. The molecule has 6 heteroatoms. The third-order valence-corrected chi connectivity index (χ3v) is 3.31. The first-order valence-corrected chi connectivity index (χ1v) is 8.10. The molecule has 0 saturated heterocycles. The van der Waals surface area contributed by atoms with E-state index in [0.717, 1.165) is 0 Å². The Bertz CT molecular complexity index is 510. The van der Waals surface area contributed by atoms with Crippen LogP contribution in [-0.4, -0.2) is 31.5 Å². The molecule has 0 aromatic heterocycles. The molecule has 0 aliphatic carbocycles. The van der Waals surface area contributed by atoms with E-state index >= 15 is 0 Å². The quantitative estimate of drug-likeness (QED) is 0.715. The molecule has 0 radical (unpaired) electrons. The zero-order chi connectivity index (χ0) is 17.3. The maximum atomic E-state index is 11.6. The molecule has 0 spiro atoms. The van der Waals surface area contributed by atoms with Crippen molar-refractivity contribution >= 4 is 23.4 Å². The summed E-state index contributed by atoms with van der Waals surface area (Å²) in [5.41, 5.74) is -0.402. The molecule has 2 N–H and O–H groups in total. The number of carbonyl (C=O) groups excluding carboxylic acids is 2. The third kappa shape index (κ3) is 8.45. The minimum atomic E-state index is -0.402. The van der Waals surface area contributed by atoms with Crippen molar-refractivity contribution in [3.8, 4) is 5.75 Å². The van der Waals surface area contributed by atoms with E-state index in [1.165, 1.54) is 0 Å². The second kappa shape index (κ2) is 9.40. The molecule has 0 unspecified atom stereocenters. The minimum absolute atomic E-state index is 0.00530. The number of halogens is 1. The number of ether oxygens (including phenoxy) is 1. The topological polar surface area (TPSA) is 67.4 Å². The van der Waals surface area contributed by atoms with Gasteiger partial charge in [0.15, 0.2) is 0 Å². The summed E-state index contributed by atoms with van der Waals surface area (Å²) < 4.78 is 5.48. The zero-order valence-corrected chi connectivity index (χ0v) is 14.7. The maximum absolute atomic E-state index is 11.6. The summed E-state index contributed by atoms with van der Waals surface area (Å²) in [7, 11) is 0. The fourth-order valence-electron chi connectivity index (χ4n) is 1.69. The Morgan fingerprint density at radius 1 is 1.09 bits per heavy atom. The van der Waals surface area contributed by atoms with Crippen LogP contribution in [0, 0.1) is 5.41 Å². The number of rotatable bonds is 8. The summed E-state index contributed by atoms with van der Waals surface area (Å²) in [5, 5.41) is 6.25. The number of carbonyl (C=O) groups is 2. The first-order valence-electron chi connectivity index (χ1n) is 7.72. The summed E-state index contributed by atoms with van der Waals surface area (Å²) >= 11 is 5.78. The van der Waals surface area contributed by atoms with Gasteiger partial charge in [0.25, 0.3) is 0 Å². The Balaban J connectivity index is 2.06. The first kappa shape index (κ1) is 19.3. The van der Waals surface area contributed by atoms with Crippen LogP contribution in [0.4, 0.5) is 0 Å². The fourth-order valence-corrected chi connectivity index (χ4v) is 1.82. The van der Waals surface area contributed by atoms with Crippen LogP contribution in [0.5, 0.6) is 5.75 Å². The summed E-state index contributed by atoms with van der Waals surface area (Å²) in [6.45, 7) is 6.91. The van der Waals surface area contributed by atoms with Gasteiger partial charge in [-0.2, -0.15) is 0 Å². The Kier molecular flexibility index (Phi) is 7.89. The van der Waals surface area contributed by atoms with Gasteiger partial charge in [-0.15, -0.1) is 0 Å². The van der Waals surface area contributed by atoms with Crippen LogP contribution >= 0.6 is 11.6 Å². The van der Waals surface area contributed by atoms with Crippen LogP contribution in [0.2, 0.25) is 5.02 Å². The number of nitrogens with one attached hydrogen (secondary N) is 2. The lowest BCUT2D eigenvalue weighted by molar-refractivity contribution is -0.128. The van der Waals surface area contributed by atoms with Gasteiger partial charge in [-0.05, 0) is 30.7 Å². The first-order chi connectivity index (χ1) is 10.8. The van der Waals surface area contributed by atoms with E-state index in [1.54, 1.807) is 24.3 Å². The van der Waals surface area contributed by atoms with Gasteiger partial charge in [0.2, 0.25) is 11.8 Å². The van der Waals surface area contributed by atoms with Crippen molar-refractivity contribution in [1.29, 1.82) is 0 Å². The van der Waals surface area contributed by atoms with Gasteiger partial charge in [-0.3, -0.25) is 9.59 Å². The van der Waals surface area contributed by atoms with Crippen molar-refractivity contribution in [3.63, 3.8) is 0 Å². The van der Waals surface area contributed by atoms with Crippen molar-refractivity contribution in [1.82, 2.24) is 10.6 Å². The Morgan fingerprint density at radius 3 is 2.35 bits per heavy atom. The smallest absolute Gasteiger partial charge is 0.225 e. The van der Waals surface area contributed by atoms with Crippen molar-refractivity contribution in [2.75, 3.05) is 19.7 Å². The van der Waals surface area contributed by atoms with Gasteiger partial charge in [-0.1, -0.05) is 32.4 Å². The van der Waals surface area contributed by atoms with Crippen LogP contribution in [0.3, 0.4) is 0 Å². The predicted octanol–water partition coefficient (Wildman–Crippen LogP) is 2.78. The van der Waals surface area contributed by atoms with E-state index in [0.29, 0.717) is 43.3 Å². The molecule has 1 rings (SSSR count). The van der Waals surface area contributed by atoms with Crippen molar-refractivity contribution in [2.24, 2.45) is 5.41 Å². The molecule has 0 fully saturated rings. The number of hydrogen-bond acceptors (Lipinski definition) is 3. The molecular formula is C17H25ClN2O3. The van der Waals surface area contributed by atoms with Gasteiger partial charge in [-0.25, -0.2) is 0 Å². The molecule has 1 aromatic rings. The Morgan fingerprint density at radius 2 is 1.74 bits per heavy atom. The lowest BCUT2D eigenvalue weighted by atomic mass is 9.96. The molecular weight excluding hydrogens is 316 g/mol. The van der Waals surface area contributed by atoms with Gasteiger partial charge in [0.1, 0.15) is 12.4 Å². The number of benzene rings is 1. The van der Waals surface area contributed by atoms with E-state index < -0.39 is 5.41 Å². The highest BCUT2D eigenvalue weighted by Gasteiger charge is 2.20. The average Bonchev–Trinajstić information content (AvgIpc) is 2.48. The number of hydrogen-bond donors (Lipinski definition) is 2. The van der Waals surface area contributed by atoms with Gasteiger partial charge >= 0.3 is 0 Å². The highest BCUT2D eigenvalue weighted by molar-refractivity contribution is 6.30. The van der Waals surface area contributed by atoms with Crippen molar-refractivity contribution in [3.05, 3.63) is 29.3 Å².